The number of unbranched alkanes of at least 4 members (excludes halogenated alkanes) is 2. The fraction of sp³-hybridized carbons (Fsp3) is 0.611. The standard InChI is InChI=1S/C18H30N2O3S/c1-4-5-8-16-10-12-17(13-11-16)20-18(21)9-6-7-14-19-24(22,23)15(2)3/h10-13,15,19H,4-9,14H2,1-3H3,(H,20,21). The van der Waals surface area contributed by atoms with Crippen LogP contribution in [0.5, 0.6) is 0 Å². The van der Waals surface area contributed by atoms with Crippen LogP contribution in [-0.2, 0) is 21.2 Å². The zero-order valence-corrected chi connectivity index (χ0v) is 15.8. The van der Waals surface area contributed by atoms with Crippen LogP contribution in [0.4, 0.5) is 5.69 Å². The van der Waals surface area contributed by atoms with E-state index in [2.05, 4.69) is 17.0 Å². The van der Waals surface area contributed by atoms with E-state index in [-0.39, 0.29) is 5.91 Å². The number of nitrogens with one attached hydrogen (secondary N) is 2. The summed E-state index contributed by atoms with van der Waals surface area (Å²) in [5.74, 6) is -0.0389. The Morgan fingerprint density at radius 2 is 1.75 bits per heavy atom. The number of anilines is 1. The largest absolute Gasteiger partial charge is 0.326 e. The number of carbonyl (C=O) groups excluding carboxylic acids is 1. The lowest BCUT2D eigenvalue weighted by molar-refractivity contribution is -0.116. The molecule has 0 spiro atoms. The Bertz CT molecular complexity index is 595. The number of hydrogen-bond acceptors (Lipinski definition) is 3. The molecule has 1 aromatic carbocycles. The maximum absolute atomic E-state index is 11.9. The molecule has 1 rings (SSSR count). The van der Waals surface area contributed by atoms with E-state index in [4.69, 9.17) is 0 Å². The Balaban J connectivity index is 2.24. The summed E-state index contributed by atoms with van der Waals surface area (Å²) in [7, 11) is -3.21. The highest BCUT2D eigenvalue weighted by Crippen LogP contribution is 2.12. The van der Waals surface area contributed by atoms with Gasteiger partial charge in [0, 0.05) is 18.7 Å². The number of hydrogen-bond donors (Lipinski definition) is 2. The lowest BCUT2D eigenvalue weighted by Gasteiger charge is -2.09. The van der Waals surface area contributed by atoms with E-state index in [1.54, 1.807) is 13.8 Å². The van der Waals surface area contributed by atoms with E-state index < -0.39 is 15.3 Å². The SMILES string of the molecule is CCCCc1ccc(NC(=O)CCCCNS(=O)(=O)C(C)C)cc1. The molecule has 2 N–H and O–H groups in total. The summed E-state index contributed by atoms with van der Waals surface area (Å²) in [5.41, 5.74) is 2.09. The summed E-state index contributed by atoms with van der Waals surface area (Å²) >= 11 is 0. The Morgan fingerprint density at radius 3 is 2.33 bits per heavy atom. The van der Waals surface area contributed by atoms with E-state index in [9.17, 15) is 13.2 Å². The van der Waals surface area contributed by atoms with Gasteiger partial charge in [-0.3, -0.25) is 4.79 Å². The minimum absolute atomic E-state index is 0.0389. The van der Waals surface area contributed by atoms with Crippen molar-refractivity contribution in [2.45, 2.75) is 64.5 Å². The van der Waals surface area contributed by atoms with Crippen LogP contribution in [0.3, 0.4) is 0 Å². The summed E-state index contributed by atoms with van der Waals surface area (Å²) in [6, 6.07) is 7.96. The van der Waals surface area contributed by atoms with E-state index in [0.717, 1.165) is 12.1 Å². The van der Waals surface area contributed by atoms with Crippen molar-refractivity contribution >= 4 is 21.6 Å². The maximum Gasteiger partial charge on any atom is 0.224 e. The highest BCUT2D eigenvalue weighted by molar-refractivity contribution is 7.90. The van der Waals surface area contributed by atoms with Gasteiger partial charge in [0.15, 0.2) is 0 Å². The van der Waals surface area contributed by atoms with Crippen LogP contribution in [0.1, 0.15) is 58.4 Å². The molecule has 0 radical (unpaired) electrons. The van der Waals surface area contributed by atoms with Crippen LogP contribution < -0.4 is 10.0 Å². The molecule has 0 aliphatic heterocycles. The third-order valence-corrected chi connectivity index (χ3v) is 5.66. The second-order valence-electron chi connectivity index (χ2n) is 6.29. The van der Waals surface area contributed by atoms with Crippen LogP contribution >= 0.6 is 0 Å². The molecule has 6 heteroatoms. The van der Waals surface area contributed by atoms with Gasteiger partial charge in [0.2, 0.25) is 15.9 Å². The van der Waals surface area contributed by atoms with Gasteiger partial charge in [0.05, 0.1) is 5.25 Å². The molecule has 0 aromatic heterocycles. The Labute approximate surface area is 146 Å². The van der Waals surface area contributed by atoms with Gasteiger partial charge in [-0.05, 0) is 57.2 Å². The molecule has 136 valence electrons. The van der Waals surface area contributed by atoms with E-state index in [0.29, 0.717) is 25.8 Å². The number of carbonyl (C=O) groups is 1. The lowest BCUT2D eigenvalue weighted by atomic mass is 10.1. The van der Waals surface area contributed by atoms with Crippen molar-refractivity contribution in [1.82, 2.24) is 4.72 Å². The van der Waals surface area contributed by atoms with Crippen molar-refractivity contribution in [2.24, 2.45) is 0 Å². The molecule has 0 fully saturated rings. The van der Waals surface area contributed by atoms with E-state index >= 15 is 0 Å². The average molecular weight is 355 g/mol. The molecule has 1 amide bonds. The van der Waals surface area contributed by atoms with Crippen molar-refractivity contribution in [3.63, 3.8) is 0 Å². The van der Waals surface area contributed by atoms with E-state index in [1.807, 2.05) is 24.3 Å². The topological polar surface area (TPSA) is 75.3 Å². The molecular formula is C18H30N2O3S. The van der Waals surface area contributed by atoms with Gasteiger partial charge >= 0.3 is 0 Å². The van der Waals surface area contributed by atoms with Gasteiger partial charge in [-0.15, -0.1) is 0 Å². The first-order chi connectivity index (χ1) is 11.3. The van der Waals surface area contributed by atoms with Crippen LogP contribution in [0.2, 0.25) is 0 Å². The van der Waals surface area contributed by atoms with Crippen LogP contribution in [0.25, 0.3) is 0 Å². The molecular weight excluding hydrogens is 324 g/mol. The van der Waals surface area contributed by atoms with Crippen molar-refractivity contribution in [1.29, 1.82) is 0 Å². The first kappa shape index (κ1) is 20.6. The summed E-state index contributed by atoms with van der Waals surface area (Å²) in [4.78, 5) is 11.9. The smallest absolute Gasteiger partial charge is 0.224 e. The highest BCUT2D eigenvalue weighted by Gasteiger charge is 2.14. The van der Waals surface area contributed by atoms with E-state index in [1.165, 1.54) is 18.4 Å². The zero-order valence-electron chi connectivity index (χ0n) is 15.0. The first-order valence-electron chi connectivity index (χ1n) is 8.72. The Hall–Kier alpha value is -1.40. The fourth-order valence-corrected chi connectivity index (χ4v) is 2.91. The molecule has 0 aliphatic carbocycles. The van der Waals surface area contributed by atoms with Crippen molar-refractivity contribution < 1.29 is 13.2 Å². The zero-order chi connectivity index (χ0) is 18.0. The van der Waals surface area contributed by atoms with Crippen molar-refractivity contribution in [3.05, 3.63) is 29.8 Å². The van der Waals surface area contributed by atoms with Gasteiger partial charge < -0.3 is 5.32 Å². The fourth-order valence-electron chi connectivity index (χ4n) is 2.15. The molecule has 24 heavy (non-hydrogen) atoms. The summed E-state index contributed by atoms with van der Waals surface area (Å²) in [5, 5.41) is 2.44. The minimum atomic E-state index is -3.21. The Morgan fingerprint density at radius 1 is 1.08 bits per heavy atom. The van der Waals surface area contributed by atoms with Crippen LogP contribution in [0, 0.1) is 0 Å². The average Bonchev–Trinajstić information content (AvgIpc) is 2.53. The number of aryl methyl sites for hydroxylation is 1. The van der Waals surface area contributed by atoms with Gasteiger partial charge in [0.1, 0.15) is 0 Å². The molecule has 0 unspecified atom stereocenters. The summed E-state index contributed by atoms with van der Waals surface area (Å²) in [6.45, 7) is 5.83. The molecule has 0 aliphatic rings. The molecule has 0 bridgehead atoms. The van der Waals surface area contributed by atoms with Gasteiger partial charge in [-0.25, -0.2) is 13.1 Å². The molecule has 1 aromatic rings. The predicted molar refractivity (Wildman–Crippen MR) is 99.6 cm³/mol. The second kappa shape index (κ2) is 10.5. The van der Waals surface area contributed by atoms with Crippen LogP contribution in [-0.4, -0.2) is 26.1 Å². The van der Waals surface area contributed by atoms with Gasteiger partial charge in [0.25, 0.3) is 0 Å². The lowest BCUT2D eigenvalue weighted by Crippen LogP contribution is -2.31. The molecule has 0 saturated heterocycles. The number of rotatable bonds is 11. The quantitative estimate of drug-likeness (QED) is 0.598. The molecule has 0 heterocycles. The molecule has 0 saturated carbocycles. The predicted octanol–water partition coefficient (Wildman–Crippen LogP) is 3.47. The third kappa shape index (κ3) is 7.93. The van der Waals surface area contributed by atoms with Crippen LogP contribution in [0.15, 0.2) is 24.3 Å². The molecule has 5 nitrogen and oxygen atoms in total. The monoisotopic (exact) mass is 354 g/mol. The molecule has 0 atom stereocenters. The maximum atomic E-state index is 11.9. The number of amides is 1. The van der Waals surface area contributed by atoms with Gasteiger partial charge in [-0.1, -0.05) is 25.5 Å². The van der Waals surface area contributed by atoms with Crippen molar-refractivity contribution in [3.8, 4) is 0 Å². The van der Waals surface area contributed by atoms with Crippen molar-refractivity contribution in [2.75, 3.05) is 11.9 Å². The summed E-state index contributed by atoms with van der Waals surface area (Å²) in [6.07, 6.45) is 5.10. The summed E-state index contributed by atoms with van der Waals surface area (Å²) < 4.78 is 25.7. The van der Waals surface area contributed by atoms with Gasteiger partial charge in [-0.2, -0.15) is 0 Å². The Kier molecular flexibility index (Phi) is 9.00. The number of benzene rings is 1. The third-order valence-electron chi connectivity index (χ3n) is 3.81. The normalized spacial score (nSPS) is 11.7. The number of sulfonamides is 1. The first-order valence-corrected chi connectivity index (χ1v) is 10.3. The minimum Gasteiger partial charge on any atom is -0.326 e. The second-order valence-corrected chi connectivity index (χ2v) is 8.62. The highest BCUT2D eigenvalue weighted by atomic mass is 32.2.